The summed E-state index contributed by atoms with van der Waals surface area (Å²) in [6.07, 6.45) is 0.270. The van der Waals surface area contributed by atoms with Crippen molar-refractivity contribution in [1.82, 2.24) is 0 Å². The van der Waals surface area contributed by atoms with E-state index in [4.69, 9.17) is 32.0 Å². The van der Waals surface area contributed by atoms with Crippen LogP contribution < -0.4 is 21.9 Å². The summed E-state index contributed by atoms with van der Waals surface area (Å²) in [7, 11) is 0. The Morgan fingerprint density at radius 2 is 0.979 bits per heavy atom. The predicted octanol–water partition coefficient (Wildman–Crippen LogP) is 6.80. The first kappa shape index (κ1) is 31.4. The van der Waals surface area contributed by atoms with Crippen molar-refractivity contribution < 1.29 is 28.6 Å². The van der Waals surface area contributed by atoms with Gasteiger partial charge in [0.1, 0.15) is 33.8 Å². The van der Waals surface area contributed by atoms with Crippen molar-refractivity contribution in [3.8, 4) is 11.5 Å². The van der Waals surface area contributed by atoms with Gasteiger partial charge in [-0.05, 0) is 90.3 Å². The largest absolute Gasteiger partial charge is 0.506 e. The maximum Gasteiger partial charge on any atom is 0.351 e. The van der Waals surface area contributed by atoms with E-state index in [0.717, 1.165) is 0 Å². The SMILES string of the molecule is O=C(CNc1ccc(Cl)cc1)c1c(O)c2cc(Cc3ccc4oc(=O)c(C(=O)CNc5ccc(Cl)cc5)c(O)c4c3)ccc2oc1=O. The molecule has 10 nitrogen and oxygen atoms in total. The van der Waals surface area contributed by atoms with Crippen LogP contribution in [0.4, 0.5) is 11.4 Å². The molecular weight excluding hydrogens is 647 g/mol. The van der Waals surface area contributed by atoms with Crippen molar-refractivity contribution in [3.05, 3.63) is 138 Å². The van der Waals surface area contributed by atoms with E-state index in [-0.39, 0.29) is 41.4 Å². The molecule has 47 heavy (non-hydrogen) atoms. The summed E-state index contributed by atoms with van der Waals surface area (Å²) in [6, 6.07) is 22.8. The third kappa shape index (κ3) is 6.69. The molecule has 4 aromatic carbocycles. The molecule has 4 N–H and O–H groups in total. The molecule has 6 aromatic rings. The number of hydrogen-bond donors (Lipinski definition) is 4. The highest BCUT2D eigenvalue weighted by atomic mass is 35.5. The Hall–Kier alpha value is -5.58. The zero-order valence-electron chi connectivity index (χ0n) is 24.3. The van der Waals surface area contributed by atoms with Crippen LogP contribution in [0.1, 0.15) is 31.8 Å². The summed E-state index contributed by atoms with van der Waals surface area (Å²) in [5.74, 6) is -2.35. The number of anilines is 2. The highest BCUT2D eigenvalue weighted by Gasteiger charge is 2.23. The van der Waals surface area contributed by atoms with E-state index >= 15 is 0 Å². The Morgan fingerprint density at radius 1 is 0.596 bits per heavy atom. The smallest absolute Gasteiger partial charge is 0.351 e. The molecule has 0 aliphatic rings. The molecule has 0 atom stereocenters. The number of Topliss-reactive ketones (excluding diaryl/α,β-unsaturated/α-hetero) is 2. The van der Waals surface area contributed by atoms with E-state index in [9.17, 15) is 29.4 Å². The molecule has 0 aliphatic heterocycles. The molecule has 2 heterocycles. The minimum atomic E-state index is -0.967. The zero-order chi connectivity index (χ0) is 33.2. The molecular formula is C35H24Cl2N2O8. The standard InChI is InChI=1S/C35H24Cl2N2O8/c36-20-3-7-22(8-4-20)38-16-26(40)30-32(42)24-14-18(1-11-28(24)46-34(30)44)13-19-2-12-29-25(15-19)33(43)31(35(45)47-29)27(41)17-39-23-9-5-21(37)6-10-23/h1-12,14-15,38-39,42-43H,13,16-17H2. The molecule has 0 unspecified atom stereocenters. The van der Waals surface area contributed by atoms with Gasteiger partial charge in [0.05, 0.1) is 23.9 Å². The maximum absolute atomic E-state index is 12.9. The zero-order valence-corrected chi connectivity index (χ0v) is 25.8. The van der Waals surface area contributed by atoms with Gasteiger partial charge in [-0.25, -0.2) is 9.59 Å². The van der Waals surface area contributed by atoms with Crippen LogP contribution in [0.2, 0.25) is 10.0 Å². The van der Waals surface area contributed by atoms with Crippen molar-refractivity contribution in [2.75, 3.05) is 23.7 Å². The fraction of sp³-hybridized carbons (Fsp3) is 0.0857. The first-order valence-corrected chi connectivity index (χ1v) is 15.0. The van der Waals surface area contributed by atoms with Crippen LogP contribution in [0, 0.1) is 0 Å². The summed E-state index contributed by atoms with van der Waals surface area (Å²) in [4.78, 5) is 51.1. The quantitative estimate of drug-likeness (QED) is 0.0902. The topological polar surface area (TPSA) is 159 Å². The van der Waals surface area contributed by atoms with Gasteiger partial charge >= 0.3 is 11.3 Å². The molecule has 0 amide bonds. The van der Waals surface area contributed by atoms with Gasteiger partial charge in [0.15, 0.2) is 11.6 Å². The Morgan fingerprint density at radius 3 is 1.36 bits per heavy atom. The average molecular weight is 671 g/mol. The maximum atomic E-state index is 12.9. The van der Waals surface area contributed by atoms with Crippen LogP contribution >= 0.6 is 23.2 Å². The Bertz CT molecular complexity index is 2130. The second-order valence-electron chi connectivity index (χ2n) is 10.6. The highest BCUT2D eigenvalue weighted by Crippen LogP contribution is 2.31. The first-order chi connectivity index (χ1) is 22.6. The lowest BCUT2D eigenvalue weighted by Crippen LogP contribution is -2.21. The molecule has 0 fully saturated rings. The van der Waals surface area contributed by atoms with E-state index in [2.05, 4.69) is 10.6 Å². The van der Waals surface area contributed by atoms with Crippen molar-refractivity contribution in [2.45, 2.75) is 6.42 Å². The molecule has 2 aromatic heterocycles. The van der Waals surface area contributed by atoms with E-state index in [1.165, 1.54) is 12.1 Å². The van der Waals surface area contributed by atoms with Crippen LogP contribution in [0.15, 0.2) is 103 Å². The summed E-state index contributed by atoms with van der Waals surface area (Å²) >= 11 is 11.8. The number of fused-ring (bicyclic) bond motifs is 2. The van der Waals surface area contributed by atoms with Crippen molar-refractivity contribution in [1.29, 1.82) is 0 Å². The number of hydrogen-bond acceptors (Lipinski definition) is 10. The van der Waals surface area contributed by atoms with Crippen LogP contribution in [0.3, 0.4) is 0 Å². The van der Waals surface area contributed by atoms with Crippen LogP contribution in [0.25, 0.3) is 21.9 Å². The predicted molar refractivity (Wildman–Crippen MR) is 180 cm³/mol. The van der Waals surface area contributed by atoms with Crippen LogP contribution in [-0.2, 0) is 6.42 Å². The van der Waals surface area contributed by atoms with Gasteiger partial charge in [0, 0.05) is 21.4 Å². The highest BCUT2D eigenvalue weighted by molar-refractivity contribution is 6.31. The number of carbonyl (C=O) groups is 2. The van der Waals surface area contributed by atoms with Gasteiger partial charge in [-0.2, -0.15) is 0 Å². The minimum Gasteiger partial charge on any atom is -0.506 e. The molecule has 236 valence electrons. The monoisotopic (exact) mass is 670 g/mol. The van der Waals surface area contributed by atoms with Crippen LogP contribution in [0.5, 0.6) is 11.5 Å². The normalized spacial score (nSPS) is 11.1. The van der Waals surface area contributed by atoms with Crippen molar-refractivity contribution in [3.63, 3.8) is 0 Å². The van der Waals surface area contributed by atoms with Crippen molar-refractivity contribution in [2.24, 2.45) is 0 Å². The third-order valence-electron chi connectivity index (χ3n) is 7.45. The molecule has 6 rings (SSSR count). The van der Waals surface area contributed by atoms with Gasteiger partial charge < -0.3 is 29.7 Å². The number of halogens is 2. The lowest BCUT2D eigenvalue weighted by molar-refractivity contribution is 0.0991. The fourth-order valence-electron chi connectivity index (χ4n) is 5.09. The number of benzene rings is 4. The summed E-state index contributed by atoms with van der Waals surface area (Å²) in [5.41, 5.74) is -0.190. The number of aromatic hydroxyl groups is 2. The van der Waals surface area contributed by atoms with E-state index < -0.39 is 45.4 Å². The molecule has 12 heteroatoms. The molecule has 0 saturated heterocycles. The Labute approximate surface area is 275 Å². The second-order valence-corrected chi connectivity index (χ2v) is 11.5. The molecule has 0 bridgehead atoms. The van der Waals surface area contributed by atoms with Gasteiger partial charge in [-0.3, -0.25) is 9.59 Å². The Kier molecular flexibility index (Phi) is 8.71. The summed E-state index contributed by atoms with van der Waals surface area (Å²) in [6.45, 7) is -0.549. The first-order valence-electron chi connectivity index (χ1n) is 14.2. The average Bonchev–Trinajstić information content (AvgIpc) is 3.05. The molecule has 0 aliphatic carbocycles. The van der Waals surface area contributed by atoms with E-state index in [0.29, 0.717) is 32.5 Å². The number of rotatable bonds is 10. The lowest BCUT2D eigenvalue weighted by Gasteiger charge is -2.10. The Balaban J connectivity index is 1.25. The summed E-state index contributed by atoms with van der Waals surface area (Å²) in [5, 5.41) is 29.1. The minimum absolute atomic E-state index is 0.0896. The van der Waals surface area contributed by atoms with Gasteiger partial charge in [0.2, 0.25) is 0 Å². The van der Waals surface area contributed by atoms with Gasteiger partial charge in [-0.1, -0.05) is 35.3 Å². The number of ketones is 2. The van der Waals surface area contributed by atoms with Crippen LogP contribution in [-0.4, -0.2) is 34.9 Å². The molecule has 0 saturated carbocycles. The molecule has 0 radical (unpaired) electrons. The second kappa shape index (κ2) is 13.0. The van der Waals surface area contributed by atoms with Crippen molar-refractivity contribution >= 4 is 68.1 Å². The van der Waals surface area contributed by atoms with Gasteiger partial charge in [-0.15, -0.1) is 0 Å². The summed E-state index contributed by atoms with van der Waals surface area (Å²) < 4.78 is 10.7. The molecule has 0 spiro atoms. The lowest BCUT2D eigenvalue weighted by atomic mass is 9.99. The fourth-order valence-corrected chi connectivity index (χ4v) is 5.34. The van der Waals surface area contributed by atoms with Gasteiger partial charge in [0.25, 0.3) is 0 Å². The third-order valence-corrected chi connectivity index (χ3v) is 7.95. The number of nitrogens with one attached hydrogen (secondary N) is 2. The van der Waals surface area contributed by atoms with E-state index in [1.807, 2.05) is 0 Å². The van der Waals surface area contributed by atoms with E-state index in [1.54, 1.807) is 72.8 Å². The number of carbonyl (C=O) groups excluding carboxylic acids is 2.